The van der Waals surface area contributed by atoms with Gasteiger partial charge in [0.15, 0.2) is 0 Å². The predicted molar refractivity (Wildman–Crippen MR) is 82.4 cm³/mol. The number of nitrogens with one attached hydrogen (secondary N) is 1. The maximum atomic E-state index is 5.73. The third kappa shape index (κ3) is 3.68. The molecular formula is C16H24N4. The number of hydrogen-bond acceptors (Lipinski definition) is 3. The van der Waals surface area contributed by atoms with Gasteiger partial charge in [0.25, 0.3) is 0 Å². The van der Waals surface area contributed by atoms with Crippen LogP contribution in [0.25, 0.3) is 5.69 Å². The van der Waals surface area contributed by atoms with E-state index in [1.807, 2.05) is 35.1 Å². The van der Waals surface area contributed by atoms with Gasteiger partial charge in [0.1, 0.15) is 0 Å². The first kappa shape index (κ1) is 14.8. The van der Waals surface area contributed by atoms with E-state index in [1.165, 1.54) is 25.7 Å². The Balaban J connectivity index is 2.09. The number of hydrazine groups is 1. The second-order valence-corrected chi connectivity index (χ2v) is 5.07. The van der Waals surface area contributed by atoms with Crippen LogP contribution in [0.15, 0.2) is 42.6 Å². The second kappa shape index (κ2) is 7.82. The normalized spacial score (nSPS) is 12.5. The van der Waals surface area contributed by atoms with Crippen LogP contribution in [0, 0.1) is 0 Å². The van der Waals surface area contributed by atoms with Crippen LogP contribution in [0.2, 0.25) is 0 Å². The van der Waals surface area contributed by atoms with Crippen molar-refractivity contribution in [2.24, 2.45) is 5.84 Å². The second-order valence-electron chi connectivity index (χ2n) is 5.07. The summed E-state index contributed by atoms with van der Waals surface area (Å²) in [5.41, 5.74) is 5.12. The molecule has 1 aromatic carbocycles. The molecule has 2 aromatic rings. The first-order chi connectivity index (χ1) is 9.86. The number of nitrogens with zero attached hydrogens (tertiary/aromatic N) is 2. The lowest BCUT2D eigenvalue weighted by Gasteiger charge is -2.17. The third-order valence-electron chi connectivity index (χ3n) is 3.58. The summed E-state index contributed by atoms with van der Waals surface area (Å²) < 4.78 is 1.96. The van der Waals surface area contributed by atoms with Gasteiger partial charge in [0.2, 0.25) is 0 Å². The van der Waals surface area contributed by atoms with Gasteiger partial charge < -0.3 is 0 Å². The van der Waals surface area contributed by atoms with Crippen LogP contribution >= 0.6 is 0 Å². The molecule has 0 saturated carbocycles. The Morgan fingerprint density at radius 2 is 1.95 bits per heavy atom. The molecule has 0 radical (unpaired) electrons. The quantitative estimate of drug-likeness (QED) is 0.440. The highest BCUT2D eigenvalue weighted by Gasteiger charge is 2.15. The average Bonchev–Trinajstić information content (AvgIpc) is 2.98. The van der Waals surface area contributed by atoms with Crippen LogP contribution in [0.1, 0.15) is 50.8 Å². The van der Waals surface area contributed by atoms with Crippen molar-refractivity contribution in [3.63, 3.8) is 0 Å². The molecule has 0 amide bonds. The number of hydrogen-bond donors (Lipinski definition) is 2. The lowest BCUT2D eigenvalue weighted by atomic mass is 10.0. The predicted octanol–water partition coefficient (Wildman–Crippen LogP) is 3.35. The maximum absolute atomic E-state index is 5.73. The van der Waals surface area contributed by atoms with Gasteiger partial charge in [-0.25, -0.2) is 4.68 Å². The topological polar surface area (TPSA) is 55.9 Å². The fourth-order valence-corrected chi connectivity index (χ4v) is 2.45. The highest BCUT2D eigenvalue weighted by Crippen LogP contribution is 2.21. The Labute approximate surface area is 121 Å². The highest BCUT2D eigenvalue weighted by molar-refractivity contribution is 5.33. The zero-order chi connectivity index (χ0) is 14.2. The lowest BCUT2D eigenvalue weighted by molar-refractivity contribution is 0.463. The summed E-state index contributed by atoms with van der Waals surface area (Å²) >= 11 is 0. The number of nitrogens with two attached hydrogens (primary N) is 1. The fraction of sp³-hybridized carbons (Fsp3) is 0.438. The monoisotopic (exact) mass is 272 g/mol. The summed E-state index contributed by atoms with van der Waals surface area (Å²) in [6, 6.07) is 12.4. The third-order valence-corrected chi connectivity index (χ3v) is 3.58. The fourth-order valence-electron chi connectivity index (χ4n) is 2.45. The Morgan fingerprint density at radius 1 is 1.15 bits per heavy atom. The molecule has 1 heterocycles. The molecule has 0 spiro atoms. The van der Waals surface area contributed by atoms with Crippen LogP contribution in [0.3, 0.4) is 0 Å². The largest absolute Gasteiger partial charge is 0.271 e. The van der Waals surface area contributed by atoms with Gasteiger partial charge in [0, 0.05) is 6.20 Å². The molecule has 0 saturated heterocycles. The molecule has 1 unspecified atom stereocenters. The number of benzene rings is 1. The zero-order valence-electron chi connectivity index (χ0n) is 12.1. The number of unbranched alkanes of at least 4 members (excludes halogenated alkanes) is 3. The van der Waals surface area contributed by atoms with E-state index in [1.54, 1.807) is 0 Å². The first-order valence-corrected chi connectivity index (χ1v) is 7.42. The Bertz CT molecular complexity index is 492. The summed E-state index contributed by atoms with van der Waals surface area (Å²) in [5, 5.41) is 4.42. The summed E-state index contributed by atoms with van der Waals surface area (Å²) in [7, 11) is 0. The van der Waals surface area contributed by atoms with E-state index in [9.17, 15) is 0 Å². The highest BCUT2D eigenvalue weighted by atomic mass is 15.3. The van der Waals surface area contributed by atoms with Gasteiger partial charge in [0.05, 0.1) is 17.4 Å². The van der Waals surface area contributed by atoms with Crippen LogP contribution in [0.5, 0.6) is 0 Å². The van der Waals surface area contributed by atoms with Crippen LogP contribution < -0.4 is 11.3 Å². The van der Waals surface area contributed by atoms with Crippen LogP contribution in [0.4, 0.5) is 0 Å². The van der Waals surface area contributed by atoms with E-state index < -0.39 is 0 Å². The zero-order valence-corrected chi connectivity index (χ0v) is 12.1. The van der Waals surface area contributed by atoms with Gasteiger partial charge in [-0.05, 0) is 24.6 Å². The Morgan fingerprint density at radius 3 is 2.65 bits per heavy atom. The van der Waals surface area contributed by atoms with E-state index in [2.05, 4.69) is 29.6 Å². The molecule has 20 heavy (non-hydrogen) atoms. The van der Waals surface area contributed by atoms with Crippen molar-refractivity contribution in [1.29, 1.82) is 0 Å². The van der Waals surface area contributed by atoms with E-state index in [0.717, 1.165) is 17.8 Å². The molecule has 1 aromatic heterocycles. The van der Waals surface area contributed by atoms with Crippen molar-refractivity contribution in [2.45, 2.75) is 45.1 Å². The molecule has 3 N–H and O–H groups in total. The minimum absolute atomic E-state index is 0.148. The molecule has 1 atom stereocenters. The molecule has 108 valence electrons. The smallest absolute Gasteiger partial charge is 0.0649 e. The van der Waals surface area contributed by atoms with Gasteiger partial charge in [-0.2, -0.15) is 5.10 Å². The lowest BCUT2D eigenvalue weighted by Crippen LogP contribution is -2.29. The number of para-hydroxylation sites is 1. The van der Waals surface area contributed by atoms with Crippen molar-refractivity contribution >= 4 is 0 Å². The first-order valence-electron chi connectivity index (χ1n) is 7.42. The van der Waals surface area contributed by atoms with Gasteiger partial charge in [-0.1, -0.05) is 50.8 Å². The van der Waals surface area contributed by atoms with Crippen molar-refractivity contribution in [3.8, 4) is 5.69 Å². The summed E-state index contributed by atoms with van der Waals surface area (Å²) in [6.07, 6.45) is 7.85. The molecule has 0 aliphatic heterocycles. The SMILES string of the molecule is CCCCCCC(NN)c1ccnn1-c1ccccc1. The van der Waals surface area contributed by atoms with E-state index in [4.69, 9.17) is 5.84 Å². The Kier molecular flexibility index (Phi) is 5.77. The van der Waals surface area contributed by atoms with Crippen molar-refractivity contribution in [3.05, 3.63) is 48.3 Å². The molecule has 2 rings (SSSR count). The van der Waals surface area contributed by atoms with Crippen molar-refractivity contribution in [2.75, 3.05) is 0 Å². The van der Waals surface area contributed by atoms with E-state index in [-0.39, 0.29) is 6.04 Å². The molecule has 0 bridgehead atoms. The molecule has 0 fully saturated rings. The van der Waals surface area contributed by atoms with Gasteiger partial charge in [-0.3, -0.25) is 11.3 Å². The van der Waals surface area contributed by atoms with E-state index in [0.29, 0.717) is 0 Å². The van der Waals surface area contributed by atoms with Crippen LogP contribution in [-0.2, 0) is 0 Å². The molecule has 0 aliphatic carbocycles. The number of rotatable bonds is 8. The molecule has 0 aliphatic rings. The van der Waals surface area contributed by atoms with Gasteiger partial charge >= 0.3 is 0 Å². The maximum Gasteiger partial charge on any atom is 0.0649 e. The molecular weight excluding hydrogens is 248 g/mol. The van der Waals surface area contributed by atoms with Gasteiger partial charge in [-0.15, -0.1) is 0 Å². The van der Waals surface area contributed by atoms with Crippen molar-refractivity contribution in [1.82, 2.24) is 15.2 Å². The summed E-state index contributed by atoms with van der Waals surface area (Å²) in [5.74, 6) is 5.73. The summed E-state index contributed by atoms with van der Waals surface area (Å²) in [4.78, 5) is 0. The number of aromatic nitrogens is 2. The Hall–Kier alpha value is -1.65. The molecule has 4 heteroatoms. The standard InChI is InChI=1S/C16H24N4/c1-2-3-4-8-11-15(19-17)16-12-13-18-20(16)14-9-6-5-7-10-14/h5-7,9-10,12-13,15,19H,2-4,8,11,17H2,1H3. The van der Waals surface area contributed by atoms with Crippen molar-refractivity contribution < 1.29 is 0 Å². The summed E-state index contributed by atoms with van der Waals surface area (Å²) in [6.45, 7) is 2.23. The minimum atomic E-state index is 0.148. The minimum Gasteiger partial charge on any atom is -0.271 e. The average molecular weight is 272 g/mol. The molecule has 4 nitrogen and oxygen atoms in total. The van der Waals surface area contributed by atoms with Crippen LogP contribution in [-0.4, -0.2) is 9.78 Å². The van der Waals surface area contributed by atoms with E-state index >= 15 is 0 Å².